The summed E-state index contributed by atoms with van der Waals surface area (Å²) in [6.07, 6.45) is 4.98. The van der Waals surface area contributed by atoms with Crippen LogP contribution in [0.5, 0.6) is 0 Å². The molecule has 1 aromatic carbocycles. The first-order valence-corrected chi connectivity index (χ1v) is 10.6. The fraction of sp³-hybridized carbons (Fsp3) is 0.435. The SMILES string of the molecule is Cc1ccc(NC(=O)c2ccccc2)c(=O)n1CC(=O)NCCN1CCCCCC1. The molecule has 30 heavy (non-hydrogen) atoms. The molecule has 0 spiro atoms. The average molecular weight is 411 g/mol. The molecule has 0 atom stereocenters. The molecule has 7 nitrogen and oxygen atoms in total. The van der Waals surface area contributed by atoms with Crippen LogP contribution in [0.25, 0.3) is 0 Å². The molecule has 2 amide bonds. The Bertz CT molecular complexity index is 916. The van der Waals surface area contributed by atoms with Gasteiger partial charge in [-0.2, -0.15) is 0 Å². The van der Waals surface area contributed by atoms with Gasteiger partial charge >= 0.3 is 0 Å². The summed E-state index contributed by atoms with van der Waals surface area (Å²) in [7, 11) is 0. The van der Waals surface area contributed by atoms with Gasteiger partial charge in [0.1, 0.15) is 12.2 Å². The predicted molar refractivity (Wildman–Crippen MR) is 118 cm³/mol. The number of hydrogen-bond acceptors (Lipinski definition) is 4. The third kappa shape index (κ3) is 6.03. The van der Waals surface area contributed by atoms with E-state index in [1.165, 1.54) is 30.3 Å². The maximum Gasteiger partial charge on any atom is 0.274 e. The van der Waals surface area contributed by atoms with Crippen molar-refractivity contribution in [1.82, 2.24) is 14.8 Å². The molecule has 0 unspecified atom stereocenters. The number of carbonyl (C=O) groups is 2. The number of pyridine rings is 1. The van der Waals surface area contributed by atoms with E-state index >= 15 is 0 Å². The number of hydrogen-bond donors (Lipinski definition) is 2. The first-order valence-electron chi connectivity index (χ1n) is 10.6. The number of likely N-dealkylation sites (tertiary alicyclic amines) is 1. The maximum absolute atomic E-state index is 12.8. The second-order valence-corrected chi connectivity index (χ2v) is 7.71. The van der Waals surface area contributed by atoms with E-state index in [-0.39, 0.29) is 29.6 Å². The van der Waals surface area contributed by atoms with E-state index in [9.17, 15) is 14.4 Å². The summed E-state index contributed by atoms with van der Waals surface area (Å²) in [5, 5.41) is 5.56. The van der Waals surface area contributed by atoms with Gasteiger partial charge in [-0.1, -0.05) is 31.0 Å². The lowest BCUT2D eigenvalue weighted by molar-refractivity contribution is -0.121. The molecule has 3 rings (SSSR count). The average Bonchev–Trinajstić information content (AvgIpc) is 3.02. The molecule has 1 aliphatic rings. The Morgan fingerprint density at radius 1 is 0.967 bits per heavy atom. The standard InChI is InChI=1S/C23H30N4O3/c1-18-11-12-20(25-22(29)19-9-5-4-6-10-19)23(30)27(18)17-21(28)24-13-16-26-14-7-2-3-8-15-26/h4-6,9-12H,2-3,7-8,13-17H2,1H3,(H,24,28)(H,25,29). The van der Waals surface area contributed by atoms with Gasteiger partial charge in [-0.25, -0.2) is 0 Å². The highest BCUT2D eigenvalue weighted by Crippen LogP contribution is 2.09. The van der Waals surface area contributed by atoms with Crippen LogP contribution in [0.15, 0.2) is 47.3 Å². The third-order valence-corrected chi connectivity index (χ3v) is 5.43. The van der Waals surface area contributed by atoms with Gasteiger partial charge in [0.2, 0.25) is 5.91 Å². The Morgan fingerprint density at radius 2 is 1.67 bits per heavy atom. The van der Waals surface area contributed by atoms with Crippen molar-refractivity contribution in [2.75, 3.05) is 31.5 Å². The zero-order valence-electron chi connectivity index (χ0n) is 17.5. The molecule has 0 bridgehead atoms. The molecular formula is C23H30N4O3. The molecule has 2 heterocycles. The Balaban J connectivity index is 1.58. The summed E-state index contributed by atoms with van der Waals surface area (Å²) in [5.74, 6) is -0.563. The van der Waals surface area contributed by atoms with Crippen LogP contribution in [0.2, 0.25) is 0 Å². The highest BCUT2D eigenvalue weighted by molar-refractivity contribution is 6.04. The molecular weight excluding hydrogens is 380 g/mol. The number of nitrogens with zero attached hydrogens (tertiary/aromatic N) is 2. The molecule has 2 N–H and O–H groups in total. The molecule has 7 heteroatoms. The normalized spacial score (nSPS) is 14.7. The minimum Gasteiger partial charge on any atom is -0.353 e. The molecule has 2 aromatic rings. The van der Waals surface area contributed by atoms with Crippen LogP contribution in [0.4, 0.5) is 5.69 Å². The number of aromatic nitrogens is 1. The monoisotopic (exact) mass is 410 g/mol. The number of rotatable bonds is 7. The van der Waals surface area contributed by atoms with Gasteiger partial charge in [0.15, 0.2) is 0 Å². The smallest absolute Gasteiger partial charge is 0.274 e. The van der Waals surface area contributed by atoms with Crippen LogP contribution in [0.1, 0.15) is 41.7 Å². The maximum atomic E-state index is 12.8. The van der Waals surface area contributed by atoms with Gasteiger partial charge in [0, 0.05) is 24.3 Å². The number of benzene rings is 1. The minimum absolute atomic E-state index is 0.0697. The highest BCUT2D eigenvalue weighted by atomic mass is 16.2. The number of aryl methyl sites for hydroxylation is 1. The highest BCUT2D eigenvalue weighted by Gasteiger charge is 2.14. The summed E-state index contributed by atoms with van der Waals surface area (Å²) in [6.45, 7) is 5.26. The topological polar surface area (TPSA) is 83.4 Å². The van der Waals surface area contributed by atoms with Crippen LogP contribution in [-0.4, -0.2) is 47.5 Å². The van der Waals surface area contributed by atoms with Crippen molar-refractivity contribution in [2.45, 2.75) is 39.2 Å². The van der Waals surface area contributed by atoms with E-state index in [2.05, 4.69) is 15.5 Å². The van der Waals surface area contributed by atoms with Gasteiger partial charge in [-0.05, 0) is 57.1 Å². The first kappa shape index (κ1) is 21.8. The predicted octanol–water partition coefficient (Wildman–Crippen LogP) is 2.40. The molecule has 0 radical (unpaired) electrons. The van der Waals surface area contributed by atoms with Crippen LogP contribution < -0.4 is 16.2 Å². The largest absolute Gasteiger partial charge is 0.353 e. The summed E-state index contributed by atoms with van der Waals surface area (Å²) < 4.78 is 1.39. The fourth-order valence-electron chi connectivity index (χ4n) is 3.66. The van der Waals surface area contributed by atoms with Gasteiger partial charge < -0.3 is 20.1 Å². The molecule has 0 aliphatic carbocycles. The molecule has 0 saturated carbocycles. The molecule has 1 aliphatic heterocycles. The van der Waals surface area contributed by atoms with E-state index < -0.39 is 0 Å². The van der Waals surface area contributed by atoms with Crippen molar-refractivity contribution in [3.05, 3.63) is 64.1 Å². The minimum atomic E-state index is -0.387. The van der Waals surface area contributed by atoms with Gasteiger partial charge in [-0.15, -0.1) is 0 Å². The number of nitrogens with one attached hydrogen (secondary N) is 2. The zero-order valence-corrected chi connectivity index (χ0v) is 17.5. The second-order valence-electron chi connectivity index (χ2n) is 7.71. The number of amides is 2. The van der Waals surface area contributed by atoms with Crippen molar-refractivity contribution in [3.8, 4) is 0 Å². The summed E-state index contributed by atoms with van der Waals surface area (Å²) in [6, 6.07) is 12.0. The van der Waals surface area contributed by atoms with E-state index in [4.69, 9.17) is 0 Å². The van der Waals surface area contributed by atoms with Crippen LogP contribution >= 0.6 is 0 Å². The van der Waals surface area contributed by atoms with Crippen LogP contribution in [0, 0.1) is 6.92 Å². The molecule has 160 valence electrons. The first-order chi connectivity index (χ1) is 14.5. The lowest BCUT2D eigenvalue weighted by Crippen LogP contribution is -2.39. The summed E-state index contributed by atoms with van der Waals surface area (Å²) in [4.78, 5) is 40.0. The van der Waals surface area contributed by atoms with Crippen molar-refractivity contribution < 1.29 is 9.59 Å². The van der Waals surface area contributed by atoms with Crippen LogP contribution in [-0.2, 0) is 11.3 Å². The lowest BCUT2D eigenvalue weighted by Gasteiger charge is -2.20. The molecule has 1 saturated heterocycles. The second kappa shape index (κ2) is 10.7. The fourth-order valence-corrected chi connectivity index (χ4v) is 3.66. The van der Waals surface area contributed by atoms with Crippen molar-refractivity contribution in [2.24, 2.45) is 0 Å². The van der Waals surface area contributed by atoms with E-state index in [0.29, 0.717) is 17.8 Å². The van der Waals surface area contributed by atoms with E-state index in [1.807, 2.05) is 6.07 Å². The Labute approximate surface area is 177 Å². The Morgan fingerprint density at radius 3 is 2.37 bits per heavy atom. The van der Waals surface area contributed by atoms with Crippen molar-refractivity contribution >= 4 is 17.5 Å². The van der Waals surface area contributed by atoms with Gasteiger partial charge in [-0.3, -0.25) is 14.4 Å². The molecule has 1 fully saturated rings. The number of carbonyl (C=O) groups excluding carboxylic acids is 2. The van der Waals surface area contributed by atoms with Crippen LogP contribution in [0.3, 0.4) is 0 Å². The molecule has 1 aromatic heterocycles. The van der Waals surface area contributed by atoms with Crippen molar-refractivity contribution in [1.29, 1.82) is 0 Å². The number of anilines is 1. The summed E-state index contributed by atoms with van der Waals surface area (Å²) in [5.41, 5.74) is 0.907. The Kier molecular flexibility index (Phi) is 7.79. The quantitative estimate of drug-likeness (QED) is 0.734. The summed E-state index contributed by atoms with van der Waals surface area (Å²) >= 11 is 0. The zero-order chi connectivity index (χ0) is 21.3. The van der Waals surface area contributed by atoms with Crippen molar-refractivity contribution in [3.63, 3.8) is 0 Å². The van der Waals surface area contributed by atoms with Gasteiger partial charge in [0.05, 0.1) is 0 Å². The van der Waals surface area contributed by atoms with Gasteiger partial charge in [0.25, 0.3) is 11.5 Å². The third-order valence-electron chi connectivity index (χ3n) is 5.43. The van der Waals surface area contributed by atoms with E-state index in [0.717, 1.165) is 19.6 Å². The Hall–Kier alpha value is -2.93. The lowest BCUT2D eigenvalue weighted by atomic mass is 10.2. The van der Waals surface area contributed by atoms with E-state index in [1.54, 1.807) is 43.3 Å².